The van der Waals surface area contributed by atoms with Gasteiger partial charge in [0.15, 0.2) is 0 Å². The second-order valence-electron chi connectivity index (χ2n) is 9.07. The fraction of sp³-hybridized carbons (Fsp3) is 0.900. The van der Waals surface area contributed by atoms with E-state index in [1.54, 1.807) is 0 Å². The summed E-state index contributed by atoms with van der Waals surface area (Å²) in [6, 6.07) is -1.06. The molecule has 1 amide bonds. The van der Waals surface area contributed by atoms with Crippen LogP contribution < -0.4 is 5.32 Å². The van der Waals surface area contributed by atoms with Gasteiger partial charge >= 0.3 is 5.97 Å². The average Bonchev–Trinajstić information content (AvgIpc) is 2.97. The predicted octanol–water partition coefficient (Wildman–Crippen LogP) is -2.53. The minimum atomic E-state index is -2.37. The Balaban J connectivity index is 1.80. The number of rotatable bonds is 8. The van der Waals surface area contributed by atoms with E-state index in [1.165, 1.54) is 13.8 Å². The van der Waals surface area contributed by atoms with Crippen LogP contribution in [0.5, 0.6) is 0 Å². The average molecular weight is 463 g/mol. The van der Waals surface area contributed by atoms with Crippen LogP contribution in [0.1, 0.15) is 39.5 Å². The Bertz CT molecular complexity index is 701. The molecule has 1 spiro atoms. The molecule has 0 aromatic rings. The van der Waals surface area contributed by atoms with Crippen LogP contribution in [0.2, 0.25) is 0 Å². The van der Waals surface area contributed by atoms with Crippen molar-refractivity contribution < 1.29 is 54.4 Å². The lowest BCUT2D eigenvalue weighted by Crippen LogP contribution is -2.66. The van der Waals surface area contributed by atoms with Gasteiger partial charge in [-0.05, 0) is 19.3 Å². The first-order valence-electron chi connectivity index (χ1n) is 10.8. The molecule has 9 atom stereocenters. The molecule has 0 radical (unpaired) electrons. The van der Waals surface area contributed by atoms with Crippen molar-refractivity contribution in [3.63, 3.8) is 0 Å². The van der Waals surface area contributed by atoms with E-state index in [1.807, 2.05) is 0 Å². The Hall–Kier alpha value is -1.38. The number of nitrogens with one attached hydrogen (secondary N) is 1. The lowest BCUT2D eigenvalue weighted by molar-refractivity contribution is -0.312. The van der Waals surface area contributed by atoms with E-state index in [4.69, 9.17) is 14.2 Å². The fourth-order valence-electron chi connectivity index (χ4n) is 4.73. The van der Waals surface area contributed by atoms with Crippen molar-refractivity contribution in [2.45, 2.75) is 93.6 Å². The zero-order valence-corrected chi connectivity index (χ0v) is 18.1. The van der Waals surface area contributed by atoms with E-state index >= 15 is 0 Å². The van der Waals surface area contributed by atoms with Gasteiger partial charge in [0.1, 0.15) is 18.3 Å². The molecule has 184 valence electrons. The van der Waals surface area contributed by atoms with E-state index in [-0.39, 0.29) is 0 Å². The Morgan fingerprint density at radius 2 is 1.88 bits per heavy atom. The van der Waals surface area contributed by atoms with Crippen LogP contribution in [-0.4, -0.2) is 110 Å². The van der Waals surface area contributed by atoms with Crippen molar-refractivity contribution >= 4 is 11.9 Å². The van der Waals surface area contributed by atoms with Crippen molar-refractivity contribution in [1.82, 2.24) is 5.32 Å². The monoisotopic (exact) mass is 463 g/mol. The molecule has 0 aromatic carbocycles. The molecule has 0 bridgehead atoms. The van der Waals surface area contributed by atoms with Gasteiger partial charge in [-0.25, -0.2) is 4.79 Å². The molecule has 2 saturated heterocycles. The topological polar surface area (TPSA) is 195 Å². The number of hydrogen-bond donors (Lipinski definition) is 7. The summed E-state index contributed by atoms with van der Waals surface area (Å²) in [5.74, 6) is -5.31. The van der Waals surface area contributed by atoms with Gasteiger partial charge < -0.3 is 50.2 Å². The predicted molar refractivity (Wildman–Crippen MR) is 105 cm³/mol. The third-order valence-corrected chi connectivity index (χ3v) is 6.89. The quantitative estimate of drug-likeness (QED) is 0.200. The zero-order valence-electron chi connectivity index (χ0n) is 18.1. The largest absolute Gasteiger partial charge is 0.477 e. The Labute approximate surface area is 185 Å². The number of amides is 1. The highest BCUT2D eigenvalue weighted by molar-refractivity contribution is 5.76. The maximum Gasteiger partial charge on any atom is 0.364 e. The van der Waals surface area contributed by atoms with Crippen molar-refractivity contribution in [3.05, 3.63) is 0 Å². The van der Waals surface area contributed by atoms with Gasteiger partial charge in [-0.15, -0.1) is 0 Å². The first-order valence-corrected chi connectivity index (χ1v) is 10.8. The molecule has 2 heterocycles. The van der Waals surface area contributed by atoms with E-state index in [0.717, 1.165) is 6.42 Å². The highest BCUT2D eigenvalue weighted by Crippen LogP contribution is 2.46. The fourth-order valence-corrected chi connectivity index (χ4v) is 4.73. The first-order chi connectivity index (χ1) is 15.0. The van der Waals surface area contributed by atoms with E-state index in [2.05, 4.69) is 5.32 Å². The van der Waals surface area contributed by atoms with E-state index in [0.29, 0.717) is 12.8 Å². The number of carbonyl (C=O) groups excluding carboxylic acids is 1. The summed E-state index contributed by atoms with van der Waals surface area (Å²) in [6.45, 7) is 1.61. The highest BCUT2D eigenvalue weighted by Gasteiger charge is 2.59. The van der Waals surface area contributed by atoms with Gasteiger partial charge in [0.25, 0.3) is 5.79 Å². The van der Waals surface area contributed by atoms with E-state index in [9.17, 15) is 40.2 Å². The first kappa shape index (κ1) is 25.2. The van der Waals surface area contributed by atoms with Crippen LogP contribution in [0.3, 0.4) is 0 Å². The molecule has 12 nitrogen and oxygen atoms in total. The van der Waals surface area contributed by atoms with Crippen LogP contribution in [0.15, 0.2) is 0 Å². The van der Waals surface area contributed by atoms with Crippen molar-refractivity contribution in [2.75, 3.05) is 13.2 Å². The summed E-state index contributed by atoms with van der Waals surface area (Å²) in [5, 5.41) is 63.2. The summed E-state index contributed by atoms with van der Waals surface area (Å²) < 4.78 is 17.1. The number of carboxylic acids is 1. The van der Waals surface area contributed by atoms with Gasteiger partial charge in [0.2, 0.25) is 5.91 Å². The number of carbonyl (C=O) groups is 2. The van der Waals surface area contributed by atoms with Gasteiger partial charge in [0.05, 0.1) is 43.2 Å². The Morgan fingerprint density at radius 3 is 2.34 bits per heavy atom. The second kappa shape index (κ2) is 9.47. The van der Waals surface area contributed by atoms with E-state index < -0.39 is 91.5 Å². The summed E-state index contributed by atoms with van der Waals surface area (Å²) in [5.41, 5.74) is -0.866. The van der Waals surface area contributed by atoms with Crippen LogP contribution in [0.4, 0.5) is 0 Å². The molecule has 3 aliphatic rings. The van der Waals surface area contributed by atoms with Crippen LogP contribution in [0.25, 0.3) is 0 Å². The van der Waals surface area contributed by atoms with Gasteiger partial charge in [-0.2, -0.15) is 0 Å². The number of hydrogen-bond acceptors (Lipinski definition) is 10. The molecule has 7 N–H and O–H groups in total. The zero-order chi connectivity index (χ0) is 23.8. The highest BCUT2D eigenvalue weighted by atomic mass is 16.7. The minimum absolute atomic E-state index is 0.437. The molecule has 1 aliphatic carbocycles. The van der Waals surface area contributed by atoms with Crippen molar-refractivity contribution in [2.24, 2.45) is 5.92 Å². The lowest BCUT2D eigenvalue weighted by atomic mass is 9.76. The molecular weight excluding hydrogens is 430 g/mol. The Morgan fingerprint density at radius 1 is 1.22 bits per heavy atom. The maximum atomic E-state index is 12.2. The summed E-state index contributed by atoms with van der Waals surface area (Å²) >= 11 is 0. The minimum Gasteiger partial charge on any atom is -0.477 e. The number of aliphatic hydroxyl groups excluding tert-OH is 5. The third kappa shape index (κ3) is 4.50. The lowest BCUT2D eigenvalue weighted by Gasteiger charge is -2.47. The maximum absolute atomic E-state index is 12.2. The second-order valence-corrected chi connectivity index (χ2v) is 9.07. The third-order valence-electron chi connectivity index (χ3n) is 6.89. The van der Waals surface area contributed by atoms with Crippen molar-refractivity contribution in [3.8, 4) is 0 Å². The SMILES string of the molecule is CC(=O)NC1C(C(C)[C@H](O)CO)O[C@@](OCC2OC3(CCC3)[C@@H](O)C2O)(C(=O)O)C[C@H]1O. The molecule has 0 aromatic heterocycles. The molecule has 12 heteroatoms. The molecule has 32 heavy (non-hydrogen) atoms. The molecule has 1 saturated carbocycles. The van der Waals surface area contributed by atoms with Gasteiger partial charge in [0, 0.05) is 19.3 Å². The number of aliphatic hydroxyl groups is 5. The summed E-state index contributed by atoms with van der Waals surface area (Å²) in [7, 11) is 0. The summed E-state index contributed by atoms with van der Waals surface area (Å²) in [4.78, 5) is 23.8. The van der Waals surface area contributed by atoms with Gasteiger partial charge in [-0.3, -0.25) is 4.79 Å². The standard InChI is InChI=1S/C20H33NO11/c1-9(12(25)7-22)16-14(21-10(2)23)11(24)6-20(32-16,18(28)29)30-8-13-15(26)17(27)19(31-13)4-3-5-19/h9,11-17,22,24-27H,3-8H2,1-2H3,(H,21,23)(H,28,29)/t9?,11-,12-,13?,14?,15?,16?,17+,20-/m1/s1. The molecule has 3 rings (SSSR count). The van der Waals surface area contributed by atoms with Gasteiger partial charge in [-0.1, -0.05) is 6.92 Å². The summed E-state index contributed by atoms with van der Waals surface area (Å²) in [6.07, 6.45) is -5.95. The van der Waals surface area contributed by atoms with Crippen LogP contribution in [-0.2, 0) is 23.8 Å². The molecule has 2 aliphatic heterocycles. The number of ether oxygens (including phenoxy) is 3. The normalized spacial score (nSPS) is 40.5. The smallest absolute Gasteiger partial charge is 0.364 e. The molecule has 3 fully saturated rings. The molecular formula is C20H33NO11. The van der Waals surface area contributed by atoms with Crippen LogP contribution in [0, 0.1) is 5.92 Å². The van der Waals surface area contributed by atoms with Crippen molar-refractivity contribution in [1.29, 1.82) is 0 Å². The molecule has 5 unspecified atom stereocenters. The Kier molecular flexibility index (Phi) is 7.47. The number of aliphatic carboxylic acids is 1. The van der Waals surface area contributed by atoms with Crippen LogP contribution >= 0.6 is 0 Å². The number of carboxylic acid groups (broad SMARTS) is 1.